The van der Waals surface area contributed by atoms with E-state index in [1.54, 1.807) is 35.9 Å². The van der Waals surface area contributed by atoms with E-state index in [2.05, 4.69) is 5.10 Å². The number of rotatable bonds is 6. The molecule has 1 N–H and O–H groups in total. The zero-order valence-corrected chi connectivity index (χ0v) is 15.0. The molecule has 0 radical (unpaired) electrons. The Morgan fingerprint density at radius 3 is 2.60 bits per heavy atom. The highest BCUT2D eigenvalue weighted by molar-refractivity contribution is 5.68. The molecule has 0 spiro atoms. The predicted molar refractivity (Wildman–Crippen MR) is 96.5 cm³/mol. The normalized spacial score (nSPS) is 15.1. The van der Waals surface area contributed by atoms with Crippen LogP contribution in [0.2, 0.25) is 0 Å². The summed E-state index contributed by atoms with van der Waals surface area (Å²) in [5, 5.41) is 4.57. The number of nitrogens with one attached hydrogen (secondary N) is 1. The Hall–Kier alpha value is -2.34. The molecule has 1 saturated heterocycles. The molecule has 0 saturated carbocycles. The molecule has 2 aromatic rings. The van der Waals surface area contributed by atoms with Gasteiger partial charge in [-0.25, -0.2) is 4.68 Å². The van der Waals surface area contributed by atoms with Gasteiger partial charge in [0.05, 0.1) is 46.1 Å². The van der Waals surface area contributed by atoms with Gasteiger partial charge in [0, 0.05) is 11.6 Å². The van der Waals surface area contributed by atoms with Gasteiger partial charge in [0.2, 0.25) is 0 Å². The fraction of sp³-hybridized carbons (Fsp3) is 0.474. The third-order valence-corrected chi connectivity index (χ3v) is 4.79. The van der Waals surface area contributed by atoms with E-state index in [1.165, 1.54) is 32.4 Å². The first-order valence-electron chi connectivity index (χ1n) is 8.85. The van der Waals surface area contributed by atoms with Crippen LogP contribution in [0.4, 0.5) is 0 Å². The topological polar surface area (TPSA) is 57.8 Å². The Labute approximate surface area is 148 Å². The number of likely N-dealkylation sites (tertiary alicyclic amines) is 1. The van der Waals surface area contributed by atoms with Crippen LogP contribution in [0.5, 0.6) is 11.5 Å². The quantitative estimate of drug-likeness (QED) is 0.849. The minimum atomic E-state index is -0.0676. The summed E-state index contributed by atoms with van der Waals surface area (Å²) < 4.78 is 12.3. The van der Waals surface area contributed by atoms with E-state index in [9.17, 15) is 4.79 Å². The molecule has 2 heterocycles. The van der Waals surface area contributed by atoms with Gasteiger partial charge in [-0.3, -0.25) is 4.79 Å². The molecule has 6 heteroatoms. The smallest absolute Gasteiger partial charge is 0.266 e. The minimum absolute atomic E-state index is 0.0676. The van der Waals surface area contributed by atoms with Crippen LogP contribution in [-0.2, 0) is 6.54 Å². The Morgan fingerprint density at radius 1 is 1.08 bits per heavy atom. The standard InChI is InChI=1S/C19H25N3O3/c1-24-15-6-8-18(25-2)16(14-15)17-7-9-19(23)22(20-17)13-12-21-10-4-3-5-11-21/h6-9,14H,3-5,10-13H2,1-2H3/p+1. The summed E-state index contributed by atoms with van der Waals surface area (Å²) >= 11 is 0. The van der Waals surface area contributed by atoms with Gasteiger partial charge >= 0.3 is 0 Å². The monoisotopic (exact) mass is 344 g/mol. The van der Waals surface area contributed by atoms with Crippen molar-refractivity contribution in [2.24, 2.45) is 0 Å². The lowest BCUT2D eigenvalue weighted by atomic mass is 10.1. The second kappa shape index (κ2) is 8.16. The van der Waals surface area contributed by atoms with Gasteiger partial charge in [0.1, 0.15) is 11.5 Å². The van der Waals surface area contributed by atoms with Crippen molar-refractivity contribution in [3.8, 4) is 22.8 Å². The molecule has 1 aromatic carbocycles. The van der Waals surface area contributed by atoms with Crippen molar-refractivity contribution in [3.05, 3.63) is 40.7 Å². The maximum atomic E-state index is 12.2. The first-order valence-corrected chi connectivity index (χ1v) is 8.85. The van der Waals surface area contributed by atoms with Gasteiger partial charge < -0.3 is 14.4 Å². The fourth-order valence-corrected chi connectivity index (χ4v) is 3.33. The summed E-state index contributed by atoms with van der Waals surface area (Å²) in [6.45, 7) is 3.95. The Balaban J connectivity index is 1.84. The lowest BCUT2D eigenvalue weighted by Gasteiger charge is -2.23. The van der Waals surface area contributed by atoms with E-state index >= 15 is 0 Å². The summed E-state index contributed by atoms with van der Waals surface area (Å²) in [6.07, 6.45) is 3.88. The number of benzene rings is 1. The number of aromatic nitrogens is 2. The first-order chi connectivity index (χ1) is 12.2. The van der Waals surface area contributed by atoms with Crippen molar-refractivity contribution in [3.63, 3.8) is 0 Å². The highest BCUT2D eigenvalue weighted by Gasteiger charge is 2.15. The van der Waals surface area contributed by atoms with Crippen molar-refractivity contribution in [2.75, 3.05) is 33.9 Å². The number of quaternary nitrogens is 1. The maximum absolute atomic E-state index is 12.2. The largest absolute Gasteiger partial charge is 0.497 e. The molecule has 1 fully saturated rings. The van der Waals surface area contributed by atoms with Crippen LogP contribution < -0.4 is 19.9 Å². The molecule has 25 heavy (non-hydrogen) atoms. The first kappa shape index (κ1) is 17.5. The van der Waals surface area contributed by atoms with E-state index in [4.69, 9.17) is 9.47 Å². The molecular weight excluding hydrogens is 318 g/mol. The number of piperidine rings is 1. The molecule has 3 rings (SSSR count). The van der Waals surface area contributed by atoms with Crippen LogP contribution in [-0.4, -0.2) is 43.6 Å². The third kappa shape index (κ3) is 4.20. The molecule has 134 valence electrons. The van der Waals surface area contributed by atoms with E-state index in [-0.39, 0.29) is 5.56 Å². The van der Waals surface area contributed by atoms with Gasteiger partial charge in [-0.05, 0) is 43.5 Å². The Bertz CT molecular complexity index is 767. The summed E-state index contributed by atoms with van der Waals surface area (Å²) in [5.74, 6) is 1.44. The van der Waals surface area contributed by atoms with Gasteiger partial charge in [0.25, 0.3) is 5.56 Å². The SMILES string of the molecule is COc1ccc(OC)c(-c2ccc(=O)n(CC[NH+]3CCCCC3)n2)c1. The van der Waals surface area contributed by atoms with Crippen LogP contribution in [0.25, 0.3) is 11.3 Å². The number of nitrogens with zero attached hydrogens (tertiary/aromatic N) is 2. The van der Waals surface area contributed by atoms with Crippen LogP contribution >= 0.6 is 0 Å². The molecule has 1 aliphatic rings. The molecule has 1 aliphatic heterocycles. The molecule has 0 bridgehead atoms. The van der Waals surface area contributed by atoms with Crippen molar-refractivity contribution in [2.45, 2.75) is 25.8 Å². The Morgan fingerprint density at radius 2 is 1.88 bits per heavy atom. The second-order valence-electron chi connectivity index (χ2n) is 6.41. The van der Waals surface area contributed by atoms with Gasteiger partial charge in [-0.15, -0.1) is 0 Å². The van der Waals surface area contributed by atoms with Gasteiger partial charge in [-0.2, -0.15) is 5.10 Å². The third-order valence-electron chi connectivity index (χ3n) is 4.79. The fourth-order valence-electron chi connectivity index (χ4n) is 3.33. The highest BCUT2D eigenvalue weighted by atomic mass is 16.5. The van der Waals surface area contributed by atoms with Crippen LogP contribution in [0.15, 0.2) is 35.1 Å². The van der Waals surface area contributed by atoms with E-state index in [0.717, 1.165) is 17.9 Å². The molecule has 0 amide bonds. The average Bonchev–Trinajstić information content (AvgIpc) is 2.67. The molecule has 0 atom stereocenters. The number of ether oxygens (including phenoxy) is 2. The van der Waals surface area contributed by atoms with Crippen molar-refractivity contribution < 1.29 is 14.4 Å². The Kier molecular flexibility index (Phi) is 5.71. The van der Waals surface area contributed by atoms with E-state index < -0.39 is 0 Å². The number of methoxy groups -OCH3 is 2. The van der Waals surface area contributed by atoms with Gasteiger partial charge in [0.15, 0.2) is 0 Å². The molecule has 0 aliphatic carbocycles. The lowest BCUT2D eigenvalue weighted by Crippen LogP contribution is -3.13. The molecule has 1 aromatic heterocycles. The average molecular weight is 344 g/mol. The van der Waals surface area contributed by atoms with Crippen LogP contribution in [0.3, 0.4) is 0 Å². The van der Waals surface area contributed by atoms with Gasteiger partial charge in [-0.1, -0.05) is 0 Å². The van der Waals surface area contributed by atoms with Crippen LogP contribution in [0.1, 0.15) is 19.3 Å². The lowest BCUT2D eigenvalue weighted by molar-refractivity contribution is -0.905. The van der Waals surface area contributed by atoms with Crippen LogP contribution in [0, 0.1) is 0 Å². The minimum Gasteiger partial charge on any atom is -0.497 e. The second-order valence-corrected chi connectivity index (χ2v) is 6.41. The number of hydrogen-bond acceptors (Lipinski definition) is 4. The highest BCUT2D eigenvalue weighted by Crippen LogP contribution is 2.31. The summed E-state index contributed by atoms with van der Waals surface area (Å²) in [5.41, 5.74) is 1.46. The zero-order valence-electron chi connectivity index (χ0n) is 15.0. The molecule has 0 unspecified atom stereocenters. The predicted octanol–water partition coefficient (Wildman–Crippen LogP) is 0.996. The van der Waals surface area contributed by atoms with Crippen molar-refractivity contribution in [1.29, 1.82) is 0 Å². The molecular formula is C19H26N3O3+. The van der Waals surface area contributed by atoms with E-state index in [1.807, 2.05) is 18.2 Å². The number of hydrogen-bond donors (Lipinski definition) is 1. The summed E-state index contributed by atoms with van der Waals surface area (Å²) in [7, 11) is 3.25. The maximum Gasteiger partial charge on any atom is 0.266 e. The summed E-state index contributed by atoms with van der Waals surface area (Å²) in [4.78, 5) is 13.7. The summed E-state index contributed by atoms with van der Waals surface area (Å²) in [6, 6.07) is 8.89. The zero-order chi connectivity index (χ0) is 17.6. The van der Waals surface area contributed by atoms with Crippen molar-refractivity contribution >= 4 is 0 Å². The molecule has 6 nitrogen and oxygen atoms in total. The van der Waals surface area contributed by atoms with Crippen molar-refractivity contribution in [1.82, 2.24) is 9.78 Å². The van der Waals surface area contributed by atoms with E-state index in [0.29, 0.717) is 18.0 Å².